The molecule has 1 N–H and O–H groups in total. The maximum atomic E-state index is 12.1. The molecule has 0 saturated carbocycles. The van der Waals surface area contributed by atoms with Crippen LogP contribution >= 0.6 is 11.6 Å². The summed E-state index contributed by atoms with van der Waals surface area (Å²) in [5.41, 5.74) is 3.00. The van der Waals surface area contributed by atoms with Gasteiger partial charge < -0.3 is 10.1 Å². The highest BCUT2D eigenvalue weighted by Crippen LogP contribution is 2.20. The first kappa shape index (κ1) is 16.4. The Bertz CT molecular complexity index is 670. The number of aryl methyl sites for hydroxylation is 2. The first-order valence-corrected chi connectivity index (χ1v) is 7.60. The third kappa shape index (κ3) is 4.25. The number of rotatable bonds is 5. The Kier molecular flexibility index (Phi) is 5.45. The second-order valence-corrected chi connectivity index (χ2v) is 5.75. The fourth-order valence-electron chi connectivity index (χ4n) is 2.05. The summed E-state index contributed by atoms with van der Waals surface area (Å²) in [6.07, 6.45) is -0.567. The zero-order chi connectivity index (χ0) is 16.1. The molecular formula is C18H20ClNO2. The Morgan fingerprint density at radius 1 is 1.23 bits per heavy atom. The van der Waals surface area contributed by atoms with Crippen LogP contribution in [0.2, 0.25) is 5.02 Å². The molecule has 0 aromatic heterocycles. The molecule has 0 bridgehead atoms. The fourth-order valence-corrected chi connectivity index (χ4v) is 2.25. The summed E-state index contributed by atoms with van der Waals surface area (Å²) >= 11 is 6.07. The number of carbonyl (C=O) groups excluding carboxylic acids is 1. The third-order valence-electron chi connectivity index (χ3n) is 3.43. The number of amides is 1. The van der Waals surface area contributed by atoms with Crippen molar-refractivity contribution in [2.24, 2.45) is 0 Å². The van der Waals surface area contributed by atoms with Crippen molar-refractivity contribution < 1.29 is 9.53 Å². The van der Waals surface area contributed by atoms with Gasteiger partial charge in [-0.2, -0.15) is 0 Å². The van der Waals surface area contributed by atoms with Gasteiger partial charge >= 0.3 is 0 Å². The predicted molar refractivity (Wildman–Crippen MR) is 89.3 cm³/mol. The molecule has 2 aromatic carbocycles. The lowest BCUT2D eigenvalue weighted by Crippen LogP contribution is -2.36. The monoisotopic (exact) mass is 317 g/mol. The zero-order valence-electron chi connectivity index (χ0n) is 13.0. The summed E-state index contributed by atoms with van der Waals surface area (Å²) in [6.45, 7) is 6.08. The molecule has 1 atom stereocenters. The van der Waals surface area contributed by atoms with Crippen LogP contribution in [0.4, 0.5) is 0 Å². The van der Waals surface area contributed by atoms with E-state index in [0.29, 0.717) is 11.6 Å². The minimum atomic E-state index is -0.567. The van der Waals surface area contributed by atoms with Gasteiger partial charge in [0.15, 0.2) is 6.10 Å². The van der Waals surface area contributed by atoms with Crippen LogP contribution in [-0.2, 0) is 11.3 Å². The summed E-state index contributed by atoms with van der Waals surface area (Å²) in [6, 6.07) is 13.4. The number of ether oxygens (including phenoxy) is 1. The molecule has 0 unspecified atom stereocenters. The van der Waals surface area contributed by atoms with Crippen LogP contribution in [0, 0.1) is 13.8 Å². The third-order valence-corrected chi connectivity index (χ3v) is 3.80. The number of benzene rings is 2. The molecule has 1 amide bonds. The van der Waals surface area contributed by atoms with Crippen molar-refractivity contribution in [3.05, 3.63) is 64.2 Å². The van der Waals surface area contributed by atoms with E-state index in [2.05, 4.69) is 5.32 Å². The molecule has 0 aliphatic rings. The molecule has 0 saturated heterocycles. The maximum Gasteiger partial charge on any atom is 0.261 e. The summed E-state index contributed by atoms with van der Waals surface area (Å²) in [5, 5.41) is 3.49. The Hall–Kier alpha value is -2.00. The van der Waals surface area contributed by atoms with Crippen molar-refractivity contribution in [2.45, 2.75) is 33.4 Å². The van der Waals surface area contributed by atoms with Crippen LogP contribution in [0.15, 0.2) is 42.5 Å². The Morgan fingerprint density at radius 3 is 2.68 bits per heavy atom. The number of hydrogen-bond donors (Lipinski definition) is 1. The lowest BCUT2D eigenvalue weighted by atomic mass is 10.1. The molecule has 0 aliphatic carbocycles. The lowest BCUT2D eigenvalue weighted by molar-refractivity contribution is -0.127. The highest BCUT2D eigenvalue weighted by molar-refractivity contribution is 6.31. The molecule has 0 radical (unpaired) electrons. The van der Waals surface area contributed by atoms with Gasteiger partial charge in [-0.05, 0) is 49.6 Å². The van der Waals surface area contributed by atoms with Crippen LogP contribution in [0.25, 0.3) is 0 Å². The van der Waals surface area contributed by atoms with Gasteiger partial charge in [0.25, 0.3) is 5.91 Å². The largest absolute Gasteiger partial charge is 0.481 e. The molecule has 0 heterocycles. The first-order chi connectivity index (χ1) is 10.5. The summed E-state index contributed by atoms with van der Waals surface area (Å²) in [7, 11) is 0. The van der Waals surface area contributed by atoms with E-state index in [-0.39, 0.29) is 5.91 Å². The summed E-state index contributed by atoms with van der Waals surface area (Å²) in [4.78, 5) is 12.1. The number of halogens is 1. The smallest absolute Gasteiger partial charge is 0.261 e. The highest BCUT2D eigenvalue weighted by atomic mass is 35.5. The van der Waals surface area contributed by atoms with Gasteiger partial charge in [0.1, 0.15) is 5.75 Å². The average molecular weight is 318 g/mol. The normalized spacial score (nSPS) is 11.8. The van der Waals surface area contributed by atoms with E-state index in [1.165, 1.54) is 0 Å². The quantitative estimate of drug-likeness (QED) is 0.903. The molecule has 2 aromatic rings. The van der Waals surface area contributed by atoms with Crippen molar-refractivity contribution in [1.29, 1.82) is 0 Å². The molecular weight excluding hydrogens is 298 g/mol. The van der Waals surface area contributed by atoms with Gasteiger partial charge in [-0.25, -0.2) is 0 Å². The molecule has 2 rings (SSSR count). The fraction of sp³-hybridized carbons (Fsp3) is 0.278. The first-order valence-electron chi connectivity index (χ1n) is 7.22. The summed E-state index contributed by atoms with van der Waals surface area (Å²) < 4.78 is 5.76. The van der Waals surface area contributed by atoms with Crippen LogP contribution in [0.3, 0.4) is 0 Å². The van der Waals surface area contributed by atoms with E-state index in [0.717, 1.165) is 22.4 Å². The van der Waals surface area contributed by atoms with Crippen molar-refractivity contribution in [3.63, 3.8) is 0 Å². The standard InChI is InChI=1S/C18H20ClNO2/c1-12-8-9-13(2)17(10-12)22-14(3)18(21)20-11-15-6-4-5-7-16(15)19/h4-10,14H,11H2,1-3H3,(H,20,21)/t14-/m1/s1. The van der Waals surface area contributed by atoms with E-state index in [1.807, 2.05) is 50.2 Å². The van der Waals surface area contributed by atoms with Gasteiger partial charge in [0.05, 0.1) is 0 Å². The zero-order valence-corrected chi connectivity index (χ0v) is 13.8. The van der Waals surface area contributed by atoms with E-state index >= 15 is 0 Å². The van der Waals surface area contributed by atoms with Crippen molar-refractivity contribution in [2.75, 3.05) is 0 Å². The Labute approximate surface area is 136 Å². The second kappa shape index (κ2) is 7.32. The molecule has 0 aliphatic heterocycles. The van der Waals surface area contributed by atoms with Gasteiger partial charge in [-0.1, -0.05) is 41.9 Å². The van der Waals surface area contributed by atoms with E-state index in [1.54, 1.807) is 13.0 Å². The molecule has 116 valence electrons. The van der Waals surface area contributed by atoms with Crippen molar-refractivity contribution in [1.82, 2.24) is 5.32 Å². The van der Waals surface area contributed by atoms with Gasteiger partial charge in [-0.3, -0.25) is 4.79 Å². The van der Waals surface area contributed by atoms with Crippen molar-refractivity contribution in [3.8, 4) is 5.75 Å². The average Bonchev–Trinajstić information content (AvgIpc) is 2.49. The molecule has 3 nitrogen and oxygen atoms in total. The molecule has 0 fully saturated rings. The Balaban J connectivity index is 1.95. The van der Waals surface area contributed by atoms with E-state index in [4.69, 9.17) is 16.3 Å². The number of nitrogens with one attached hydrogen (secondary N) is 1. The number of carbonyl (C=O) groups is 1. The summed E-state index contributed by atoms with van der Waals surface area (Å²) in [5.74, 6) is 0.571. The van der Waals surface area contributed by atoms with Crippen LogP contribution in [0.1, 0.15) is 23.6 Å². The molecule has 22 heavy (non-hydrogen) atoms. The van der Waals surface area contributed by atoms with Crippen LogP contribution in [0.5, 0.6) is 5.75 Å². The molecule has 0 spiro atoms. The van der Waals surface area contributed by atoms with Gasteiger partial charge in [-0.15, -0.1) is 0 Å². The number of hydrogen-bond acceptors (Lipinski definition) is 2. The predicted octanol–water partition coefficient (Wildman–Crippen LogP) is 4.04. The van der Waals surface area contributed by atoms with Gasteiger partial charge in [0.2, 0.25) is 0 Å². The van der Waals surface area contributed by atoms with Crippen molar-refractivity contribution >= 4 is 17.5 Å². The van der Waals surface area contributed by atoms with E-state index < -0.39 is 6.10 Å². The Morgan fingerprint density at radius 2 is 1.95 bits per heavy atom. The minimum absolute atomic E-state index is 0.166. The molecule has 4 heteroatoms. The van der Waals surface area contributed by atoms with Crippen LogP contribution in [-0.4, -0.2) is 12.0 Å². The lowest BCUT2D eigenvalue weighted by Gasteiger charge is -2.17. The topological polar surface area (TPSA) is 38.3 Å². The van der Waals surface area contributed by atoms with Gasteiger partial charge in [0, 0.05) is 11.6 Å². The second-order valence-electron chi connectivity index (χ2n) is 5.34. The maximum absolute atomic E-state index is 12.1. The SMILES string of the molecule is Cc1ccc(C)c(O[C@H](C)C(=O)NCc2ccccc2Cl)c1. The van der Waals surface area contributed by atoms with E-state index in [9.17, 15) is 4.79 Å². The van der Waals surface area contributed by atoms with Crippen LogP contribution < -0.4 is 10.1 Å². The highest BCUT2D eigenvalue weighted by Gasteiger charge is 2.15. The minimum Gasteiger partial charge on any atom is -0.481 e.